The molecule has 1 amide bonds. The van der Waals surface area contributed by atoms with Crippen molar-refractivity contribution in [2.75, 3.05) is 0 Å². The first-order valence-corrected chi connectivity index (χ1v) is 9.30. The van der Waals surface area contributed by atoms with E-state index in [0.717, 1.165) is 25.7 Å². The van der Waals surface area contributed by atoms with Gasteiger partial charge in [0.15, 0.2) is 0 Å². The molecule has 2 bridgehead atoms. The number of hydrogen-bond acceptors (Lipinski definition) is 2. The van der Waals surface area contributed by atoms with E-state index in [1.54, 1.807) is 0 Å². The first-order chi connectivity index (χ1) is 11.2. The third-order valence-corrected chi connectivity index (χ3v) is 6.27. The number of rotatable bonds is 3. The van der Waals surface area contributed by atoms with Crippen molar-refractivity contribution in [1.82, 2.24) is 10.6 Å². The molecule has 2 aliphatic heterocycles. The van der Waals surface area contributed by atoms with Crippen molar-refractivity contribution in [1.29, 1.82) is 0 Å². The van der Waals surface area contributed by atoms with E-state index >= 15 is 0 Å². The van der Waals surface area contributed by atoms with Crippen molar-refractivity contribution in [3.8, 4) is 0 Å². The van der Waals surface area contributed by atoms with E-state index in [-0.39, 0.29) is 11.3 Å². The van der Waals surface area contributed by atoms with Gasteiger partial charge in [-0.15, -0.1) is 0 Å². The molecule has 0 radical (unpaired) electrons. The number of piperidine rings is 1. The van der Waals surface area contributed by atoms with E-state index in [2.05, 4.69) is 41.8 Å². The minimum Gasteiger partial charge on any atom is -0.352 e. The largest absolute Gasteiger partial charge is 0.352 e. The van der Waals surface area contributed by atoms with Gasteiger partial charge in [0.25, 0.3) is 0 Å². The van der Waals surface area contributed by atoms with Gasteiger partial charge in [-0.05, 0) is 51.0 Å². The molecule has 2 unspecified atom stereocenters. The Morgan fingerprint density at radius 2 is 1.87 bits per heavy atom. The maximum atomic E-state index is 13.2. The van der Waals surface area contributed by atoms with E-state index in [9.17, 15) is 4.79 Å². The Morgan fingerprint density at radius 1 is 1.17 bits per heavy atom. The summed E-state index contributed by atoms with van der Waals surface area (Å²) >= 11 is 0. The number of carbonyl (C=O) groups is 1. The summed E-state index contributed by atoms with van der Waals surface area (Å²) in [5.74, 6) is 0.284. The zero-order chi connectivity index (χ0) is 15.9. The van der Waals surface area contributed by atoms with E-state index in [1.807, 2.05) is 0 Å². The van der Waals surface area contributed by atoms with Crippen molar-refractivity contribution < 1.29 is 4.79 Å². The van der Waals surface area contributed by atoms with Gasteiger partial charge in [0.1, 0.15) is 0 Å². The fraction of sp³-hybridized carbons (Fsp3) is 0.650. The van der Waals surface area contributed by atoms with Crippen LogP contribution in [0.1, 0.15) is 62.5 Å². The average Bonchev–Trinajstić information content (AvgIpc) is 3.15. The molecule has 4 rings (SSSR count). The molecule has 1 aromatic rings. The quantitative estimate of drug-likeness (QED) is 0.900. The molecule has 0 aromatic heterocycles. The molecule has 2 N–H and O–H groups in total. The molecule has 1 saturated carbocycles. The Kier molecular flexibility index (Phi) is 3.92. The Bertz CT molecular complexity index is 579. The number of nitrogens with one attached hydrogen (secondary N) is 2. The molecule has 3 fully saturated rings. The van der Waals surface area contributed by atoms with Crippen LogP contribution in [0.3, 0.4) is 0 Å². The van der Waals surface area contributed by atoms with Crippen LogP contribution in [0, 0.1) is 6.92 Å². The summed E-state index contributed by atoms with van der Waals surface area (Å²) in [5.41, 5.74) is 2.20. The number of carbonyl (C=O) groups excluding carboxylic acids is 1. The minimum absolute atomic E-state index is 0.282. The third kappa shape index (κ3) is 2.80. The second-order valence-corrected chi connectivity index (χ2v) is 7.94. The second kappa shape index (κ2) is 5.94. The van der Waals surface area contributed by atoms with Gasteiger partial charge in [-0.25, -0.2) is 0 Å². The van der Waals surface area contributed by atoms with Gasteiger partial charge in [-0.2, -0.15) is 0 Å². The van der Waals surface area contributed by atoms with Crippen LogP contribution >= 0.6 is 0 Å². The molecule has 3 nitrogen and oxygen atoms in total. The molecular formula is C20H28N2O. The van der Waals surface area contributed by atoms with Crippen LogP contribution in [0.5, 0.6) is 0 Å². The van der Waals surface area contributed by atoms with Crippen LogP contribution in [0.4, 0.5) is 0 Å². The van der Waals surface area contributed by atoms with Gasteiger partial charge in [-0.1, -0.05) is 42.7 Å². The first kappa shape index (κ1) is 15.2. The lowest BCUT2D eigenvalue weighted by Crippen LogP contribution is -2.52. The second-order valence-electron chi connectivity index (χ2n) is 7.94. The lowest BCUT2D eigenvalue weighted by Gasteiger charge is -2.34. The molecule has 124 valence electrons. The monoisotopic (exact) mass is 312 g/mol. The highest BCUT2D eigenvalue weighted by Crippen LogP contribution is 2.42. The zero-order valence-corrected chi connectivity index (χ0v) is 14.1. The van der Waals surface area contributed by atoms with Gasteiger partial charge in [-0.3, -0.25) is 4.79 Å². The first-order valence-electron chi connectivity index (χ1n) is 9.30. The van der Waals surface area contributed by atoms with Gasteiger partial charge >= 0.3 is 0 Å². The Hall–Kier alpha value is -1.35. The molecular weight excluding hydrogens is 284 g/mol. The predicted molar refractivity (Wildman–Crippen MR) is 92.4 cm³/mol. The molecule has 2 heterocycles. The van der Waals surface area contributed by atoms with Crippen molar-refractivity contribution in [3.63, 3.8) is 0 Å². The topological polar surface area (TPSA) is 41.1 Å². The number of benzene rings is 1. The number of hydrogen-bond donors (Lipinski definition) is 2. The maximum Gasteiger partial charge on any atom is 0.230 e. The van der Waals surface area contributed by atoms with E-state index < -0.39 is 0 Å². The molecule has 23 heavy (non-hydrogen) atoms. The predicted octanol–water partition coefficient (Wildman–Crippen LogP) is 3.21. The highest BCUT2D eigenvalue weighted by Gasteiger charge is 2.44. The maximum absolute atomic E-state index is 13.2. The molecule has 1 aliphatic carbocycles. The smallest absolute Gasteiger partial charge is 0.230 e. The lowest BCUT2D eigenvalue weighted by molar-refractivity contribution is -0.127. The lowest BCUT2D eigenvalue weighted by atomic mass is 9.77. The molecule has 3 heteroatoms. The fourth-order valence-corrected chi connectivity index (χ4v) is 5.07. The van der Waals surface area contributed by atoms with Crippen LogP contribution in [-0.4, -0.2) is 24.0 Å². The van der Waals surface area contributed by atoms with Crippen molar-refractivity contribution in [2.45, 2.75) is 81.8 Å². The summed E-state index contributed by atoms with van der Waals surface area (Å²) in [7, 11) is 0. The summed E-state index contributed by atoms with van der Waals surface area (Å²) in [4.78, 5) is 13.2. The van der Waals surface area contributed by atoms with Crippen LogP contribution in [0.2, 0.25) is 0 Å². The standard InChI is InChI=1S/C20H28N2O/c1-14-5-4-6-15(11-14)20(9-2-3-10-20)19(23)22-18-12-16-7-8-17(13-18)21-16/h4-6,11,16-18,21H,2-3,7-10,12-13H2,1H3,(H,22,23). The van der Waals surface area contributed by atoms with E-state index in [4.69, 9.17) is 0 Å². The Balaban J connectivity index is 1.54. The summed E-state index contributed by atoms with van der Waals surface area (Å²) in [6, 6.07) is 10.2. The van der Waals surface area contributed by atoms with Gasteiger partial charge < -0.3 is 10.6 Å². The Morgan fingerprint density at radius 3 is 2.52 bits per heavy atom. The normalized spacial score (nSPS) is 32.0. The van der Waals surface area contributed by atoms with Gasteiger partial charge in [0.05, 0.1) is 5.41 Å². The third-order valence-electron chi connectivity index (χ3n) is 6.27. The summed E-state index contributed by atoms with van der Waals surface area (Å²) < 4.78 is 0. The molecule has 2 saturated heterocycles. The molecule has 2 atom stereocenters. The van der Waals surface area contributed by atoms with Crippen LogP contribution in [0.15, 0.2) is 24.3 Å². The van der Waals surface area contributed by atoms with Crippen molar-refractivity contribution >= 4 is 5.91 Å². The molecule has 3 aliphatic rings. The SMILES string of the molecule is Cc1cccc(C2(C(=O)NC3CC4CCC(C3)N4)CCCC2)c1. The van der Waals surface area contributed by atoms with Crippen LogP contribution in [-0.2, 0) is 10.2 Å². The molecule has 1 aromatic carbocycles. The van der Waals surface area contributed by atoms with E-state index in [1.165, 1.54) is 36.8 Å². The highest BCUT2D eigenvalue weighted by atomic mass is 16.2. The average molecular weight is 312 g/mol. The number of amides is 1. The summed E-state index contributed by atoms with van der Waals surface area (Å²) in [5, 5.41) is 7.10. The Labute approximate surface area is 139 Å². The van der Waals surface area contributed by atoms with Gasteiger partial charge in [0, 0.05) is 18.1 Å². The highest BCUT2D eigenvalue weighted by molar-refractivity contribution is 5.89. The summed E-state index contributed by atoms with van der Waals surface area (Å²) in [6.45, 7) is 2.12. The van der Waals surface area contributed by atoms with Crippen molar-refractivity contribution in [2.24, 2.45) is 0 Å². The molecule has 0 spiro atoms. The summed E-state index contributed by atoms with van der Waals surface area (Å²) in [6.07, 6.45) is 9.09. The van der Waals surface area contributed by atoms with Crippen LogP contribution in [0.25, 0.3) is 0 Å². The number of fused-ring (bicyclic) bond motifs is 2. The van der Waals surface area contributed by atoms with Crippen molar-refractivity contribution in [3.05, 3.63) is 35.4 Å². The zero-order valence-electron chi connectivity index (χ0n) is 14.1. The fourth-order valence-electron chi connectivity index (χ4n) is 5.07. The minimum atomic E-state index is -0.282. The van der Waals surface area contributed by atoms with Crippen LogP contribution < -0.4 is 10.6 Å². The number of aryl methyl sites for hydroxylation is 1. The van der Waals surface area contributed by atoms with E-state index in [0.29, 0.717) is 18.1 Å². The van der Waals surface area contributed by atoms with Gasteiger partial charge in [0.2, 0.25) is 5.91 Å².